The van der Waals surface area contributed by atoms with Crippen molar-refractivity contribution >= 4 is 0 Å². The first-order valence-corrected chi connectivity index (χ1v) is 6.37. The number of nitrogens with zero attached hydrogens (tertiary/aromatic N) is 2. The van der Waals surface area contributed by atoms with Gasteiger partial charge in [-0.25, -0.2) is 0 Å². The first-order valence-electron chi connectivity index (χ1n) is 6.37. The van der Waals surface area contributed by atoms with Crippen molar-refractivity contribution in [3.05, 3.63) is 17.5 Å². The smallest absolute Gasteiger partial charge is 0.0596 e. The van der Waals surface area contributed by atoms with Gasteiger partial charge in [0.05, 0.1) is 5.69 Å². The molecule has 0 aliphatic heterocycles. The van der Waals surface area contributed by atoms with Gasteiger partial charge in [0.2, 0.25) is 0 Å². The molecule has 0 aromatic carbocycles. The van der Waals surface area contributed by atoms with Crippen LogP contribution in [0.4, 0.5) is 0 Å². The lowest BCUT2D eigenvalue weighted by Gasteiger charge is -2.07. The summed E-state index contributed by atoms with van der Waals surface area (Å²) < 4.78 is 2.11. The Hall–Kier alpha value is -0.830. The highest BCUT2D eigenvalue weighted by Gasteiger charge is 2.03. The van der Waals surface area contributed by atoms with Gasteiger partial charge in [-0.1, -0.05) is 13.8 Å². The quantitative estimate of drug-likeness (QED) is 0.719. The molecule has 1 aromatic rings. The van der Waals surface area contributed by atoms with Crippen LogP contribution in [0.1, 0.15) is 38.6 Å². The summed E-state index contributed by atoms with van der Waals surface area (Å²) in [6, 6.07) is 2.20. The second-order valence-corrected chi connectivity index (χ2v) is 4.79. The van der Waals surface area contributed by atoms with Crippen molar-refractivity contribution in [3.8, 4) is 0 Å². The molecule has 16 heavy (non-hydrogen) atoms. The fourth-order valence-electron chi connectivity index (χ4n) is 1.86. The van der Waals surface area contributed by atoms with Crippen LogP contribution in [0.2, 0.25) is 0 Å². The number of nitrogens with one attached hydrogen (secondary N) is 1. The Morgan fingerprint density at radius 2 is 2.19 bits per heavy atom. The molecule has 1 heterocycles. The molecule has 0 atom stereocenters. The number of hydrogen-bond donors (Lipinski definition) is 1. The van der Waals surface area contributed by atoms with E-state index < -0.39 is 0 Å². The van der Waals surface area contributed by atoms with E-state index in [2.05, 4.69) is 48.9 Å². The van der Waals surface area contributed by atoms with Crippen molar-refractivity contribution in [2.75, 3.05) is 13.1 Å². The van der Waals surface area contributed by atoms with Gasteiger partial charge in [0.1, 0.15) is 0 Å². The topological polar surface area (TPSA) is 29.9 Å². The molecule has 0 aliphatic carbocycles. The monoisotopic (exact) mass is 223 g/mol. The van der Waals surface area contributed by atoms with Crippen molar-refractivity contribution in [2.24, 2.45) is 5.92 Å². The predicted molar refractivity (Wildman–Crippen MR) is 68.7 cm³/mol. The second kappa shape index (κ2) is 6.69. The Balaban J connectivity index is 2.26. The van der Waals surface area contributed by atoms with Crippen LogP contribution in [0.25, 0.3) is 0 Å². The summed E-state index contributed by atoms with van der Waals surface area (Å²) in [5.41, 5.74) is 2.50. The molecule has 0 amide bonds. The van der Waals surface area contributed by atoms with Gasteiger partial charge >= 0.3 is 0 Å². The van der Waals surface area contributed by atoms with Crippen LogP contribution in [0.5, 0.6) is 0 Å². The molecule has 1 rings (SSSR count). The highest BCUT2D eigenvalue weighted by molar-refractivity contribution is 5.08. The van der Waals surface area contributed by atoms with Gasteiger partial charge < -0.3 is 5.32 Å². The maximum Gasteiger partial charge on any atom is 0.0596 e. The van der Waals surface area contributed by atoms with E-state index in [1.54, 1.807) is 0 Å². The summed E-state index contributed by atoms with van der Waals surface area (Å²) in [7, 11) is 0. The zero-order valence-electron chi connectivity index (χ0n) is 11.1. The molecule has 0 spiro atoms. The third-order valence-electron chi connectivity index (χ3n) is 2.62. The maximum atomic E-state index is 4.45. The molecule has 0 saturated heterocycles. The van der Waals surface area contributed by atoms with E-state index in [0.29, 0.717) is 0 Å². The Bertz CT molecular complexity index is 302. The molecule has 0 aliphatic rings. The average molecular weight is 223 g/mol. The molecule has 92 valence electrons. The van der Waals surface area contributed by atoms with E-state index >= 15 is 0 Å². The van der Waals surface area contributed by atoms with Crippen LogP contribution in [0.15, 0.2) is 6.07 Å². The van der Waals surface area contributed by atoms with Gasteiger partial charge in [0.25, 0.3) is 0 Å². The van der Waals surface area contributed by atoms with Gasteiger partial charge in [-0.3, -0.25) is 4.68 Å². The lowest BCUT2D eigenvalue weighted by Crippen LogP contribution is -2.21. The van der Waals surface area contributed by atoms with E-state index in [-0.39, 0.29) is 0 Å². The maximum absolute atomic E-state index is 4.45. The number of hydrogen-bond acceptors (Lipinski definition) is 2. The molecular formula is C13H25N3. The van der Waals surface area contributed by atoms with Crippen molar-refractivity contribution in [3.63, 3.8) is 0 Å². The molecule has 1 aromatic heterocycles. The van der Waals surface area contributed by atoms with Gasteiger partial charge in [-0.05, 0) is 51.8 Å². The molecular weight excluding hydrogens is 198 g/mol. The van der Waals surface area contributed by atoms with Crippen LogP contribution in [0, 0.1) is 12.8 Å². The van der Waals surface area contributed by atoms with E-state index in [9.17, 15) is 0 Å². The summed E-state index contributed by atoms with van der Waals surface area (Å²) in [6.07, 6.45) is 2.32. The molecule has 3 nitrogen and oxygen atoms in total. The lowest BCUT2D eigenvalue weighted by molar-refractivity contribution is 0.534. The summed E-state index contributed by atoms with van der Waals surface area (Å²) in [4.78, 5) is 0. The molecule has 1 N–H and O–H groups in total. The van der Waals surface area contributed by atoms with Crippen molar-refractivity contribution in [2.45, 2.75) is 47.1 Å². The van der Waals surface area contributed by atoms with E-state index in [4.69, 9.17) is 0 Å². The largest absolute Gasteiger partial charge is 0.316 e. The minimum atomic E-state index is 0.739. The van der Waals surface area contributed by atoms with Gasteiger partial charge in [0.15, 0.2) is 0 Å². The Kier molecular flexibility index (Phi) is 5.53. The third kappa shape index (κ3) is 4.35. The summed E-state index contributed by atoms with van der Waals surface area (Å²) in [6.45, 7) is 11.9. The summed E-state index contributed by atoms with van der Waals surface area (Å²) >= 11 is 0. The number of rotatable bonds is 7. The zero-order chi connectivity index (χ0) is 12.0. The first kappa shape index (κ1) is 13.2. The predicted octanol–water partition coefficient (Wildman–Crippen LogP) is 2.39. The standard InChI is InChI=1S/C13H25N3/c1-5-16-13(9-12(4)15-16)7-6-8-14-10-11(2)3/h9,11,14H,5-8,10H2,1-4H3. The number of aryl methyl sites for hydroxylation is 3. The Morgan fingerprint density at radius 1 is 1.44 bits per heavy atom. The molecule has 0 unspecified atom stereocenters. The molecule has 0 saturated carbocycles. The van der Waals surface area contributed by atoms with Crippen molar-refractivity contribution < 1.29 is 0 Å². The van der Waals surface area contributed by atoms with Crippen molar-refractivity contribution in [1.82, 2.24) is 15.1 Å². The van der Waals surface area contributed by atoms with Crippen LogP contribution in [-0.2, 0) is 13.0 Å². The first-order chi connectivity index (χ1) is 7.63. The Morgan fingerprint density at radius 3 is 2.81 bits per heavy atom. The average Bonchev–Trinajstić information content (AvgIpc) is 2.58. The molecule has 0 bridgehead atoms. The molecule has 0 radical (unpaired) electrons. The summed E-state index contributed by atoms with van der Waals surface area (Å²) in [5.74, 6) is 0.739. The lowest BCUT2D eigenvalue weighted by atomic mass is 10.2. The van der Waals surface area contributed by atoms with Gasteiger partial charge in [0, 0.05) is 12.2 Å². The minimum absolute atomic E-state index is 0.739. The van der Waals surface area contributed by atoms with Gasteiger partial charge in [-0.15, -0.1) is 0 Å². The van der Waals surface area contributed by atoms with Crippen molar-refractivity contribution in [1.29, 1.82) is 0 Å². The van der Waals surface area contributed by atoms with E-state index in [1.165, 1.54) is 12.1 Å². The van der Waals surface area contributed by atoms with Crippen LogP contribution >= 0.6 is 0 Å². The summed E-state index contributed by atoms with van der Waals surface area (Å²) in [5, 5.41) is 7.92. The Labute approximate surface area is 99.2 Å². The third-order valence-corrected chi connectivity index (χ3v) is 2.62. The second-order valence-electron chi connectivity index (χ2n) is 4.79. The zero-order valence-corrected chi connectivity index (χ0v) is 11.1. The van der Waals surface area contributed by atoms with Crippen LogP contribution in [0.3, 0.4) is 0 Å². The fourth-order valence-corrected chi connectivity index (χ4v) is 1.86. The minimum Gasteiger partial charge on any atom is -0.316 e. The van der Waals surface area contributed by atoms with E-state index in [1.807, 2.05) is 0 Å². The van der Waals surface area contributed by atoms with E-state index in [0.717, 1.165) is 37.7 Å². The van der Waals surface area contributed by atoms with Crippen LogP contribution in [-0.4, -0.2) is 22.9 Å². The van der Waals surface area contributed by atoms with Gasteiger partial charge in [-0.2, -0.15) is 5.10 Å². The molecule has 3 heteroatoms. The number of aromatic nitrogens is 2. The SMILES string of the molecule is CCn1nc(C)cc1CCCNCC(C)C. The van der Waals surface area contributed by atoms with Crippen LogP contribution < -0.4 is 5.32 Å². The highest BCUT2D eigenvalue weighted by Crippen LogP contribution is 2.06. The molecule has 0 fully saturated rings. The highest BCUT2D eigenvalue weighted by atomic mass is 15.3. The normalized spacial score (nSPS) is 11.3. The fraction of sp³-hybridized carbons (Fsp3) is 0.769.